The molecule has 0 radical (unpaired) electrons. The molecule has 106 valence electrons. The summed E-state index contributed by atoms with van der Waals surface area (Å²) in [5.74, 6) is 0.943. The molecule has 1 fully saturated rings. The molecule has 1 aromatic heterocycles. The first-order valence-corrected chi connectivity index (χ1v) is 7.23. The van der Waals surface area contributed by atoms with Crippen LogP contribution in [-0.2, 0) is 6.54 Å². The van der Waals surface area contributed by atoms with E-state index in [1.807, 2.05) is 31.2 Å². The van der Waals surface area contributed by atoms with Crippen LogP contribution in [0.15, 0.2) is 34.9 Å². The van der Waals surface area contributed by atoms with Crippen LogP contribution in [0, 0.1) is 6.92 Å². The van der Waals surface area contributed by atoms with Crippen LogP contribution in [0.25, 0.3) is 0 Å². The largest absolute Gasteiger partial charge is 0.369 e. The molecule has 20 heavy (non-hydrogen) atoms. The summed E-state index contributed by atoms with van der Waals surface area (Å²) in [5, 5.41) is 4.72. The minimum Gasteiger partial charge on any atom is -0.369 e. The Bertz CT molecular complexity index is 576. The van der Waals surface area contributed by atoms with Crippen molar-refractivity contribution in [2.45, 2.75) is 13.5 Å². The summed E-state index contributed by atoms with van der Waals surface area (Å²) >= 11 is 6.05. The zero-order chi connectivity index (χ0) is 13.9. The number of aromatic nitrogens is 1. The predicted octanol–water partition coefficient (Wildman–Crippen LogP) is 2.96. The standard InChI is InChI=1S/C15H18ClN3O/c1-12-9-15(20-17-12)11-18-5-7-19(8-6-18)14-4-2-3-13(16)10-14/h2-4,9-10H,5-8,11H2,1H3. The maximum Gasteiger partial charge on any atom is 0.150 e. The summed E-state index contributed by atoms with van der Waals surface area (Å²) < 4.78 is 5.27. The van der Waals surface area contributed by atoms with Crippen LogP contribution >= 0.6 is 11.6 Å². The maximum atomic E-state index is 6.05. The molecule has 0 aliphatic carbocycles. The quantitative estimate of drug-likeness (QED) is 0.870. The van der Waals surface area contributed by atoms with Crippen molar-refractivity contribution in [2.24, 2.45) is 0 Å². The van der Waals surface area contributed by atoms with Crippen molar-refractivity contribution in [3.8, 4) is 0 Å². The van der Waals surface area contributed by atoms with E-state index in [9.17, 15) is 0 Å². The van der Waals surface area contributed by atoms with Gasteiger partial charge in [0.25, 0.3) is 0 Å². The van der Waals surface area contributed by atoms with E-state index in [1.165, 1.54) is 5.69 Å². The monoisotopic (exact) mass is 291 g/mol. The van der Waals surface area contributed by atoms with Gasteiger partial charge in [-0.05, 0) is 25.1 Å². The van der Waals surface area contributed by atoms with Crippen molar-refractivity contribution >= 4 is 17.3 Å². The molecule has 0 saturated carbocycles. The second-order valence-electron chi connectivity index (χ2n) is 5.18. The molecular formula is C15H18ClN3O. The fourth-order valence-corrected chi connectivity index (χ4v) is 2.73. The van der Waals surface area contributed by atoms with Gasteiger partial charge in [-0.15, -0.1) is 0 Å². The molecule has 0 unspecified atom stereocenters. The number of hydrogen-bond donors (Lipinski definition) is 0. The Morgan fingerprint density at radius 3 is 2.65 bits per heavy atom. The van der Waals surface area contributed by atoms with Crippen LogP contribution in [0.3, 0.4) is 0 Å². The SMILES string of the molecule is Cc1cc(CN2CCN(c3cccc(Cl)c3)CC2)on1. The summed E-state index contributed by atoms with van der Waals surface area (Å²) in [4.78, 5) is 4.76. The van der Waals surface area contributed by atoms with Gasteiger partial charge >= 0.3 is 0 Å². The van der Waals surface area contributed by atoms with E-state index in [1.54, 1.807) is 0 Å². The van der Waals surface area contributed by atoms with Gasteiger partial charge in [0.1, 0.15) is 0 Å². The summed E-state index contributed by atoms with van der Waals surface area (Å²) in [6.45, 7) is 6.84. The lowest BCUT2D eigenvalue weighted by atomic mass is 10.2. The number of hydrogen-bond acceptors (Lipinski definition) is 4. The first kappa shape index (κ1) is 13.5. The third-order valence-corrected chi connectivity index (χ3v) is 3.84. The lowest BCUT2D eigenvalue weighted by Gasteiger charge is -2.35. The molecule has 0 bridgehead atoms. The summed E-state index contributed by atoms with van der Waals surface area (Å²) in [5.41, 5.74) is 2.14. The number of rotatable bonds is 3. The van der Waals surface area contributed by atoms with Crippen molar-refractivity contribution < 1.29 is 4.52 Å². The predicted molar refractivity (Wildman–Crippen MR) is 80.2 cm³/mol. The highest BCUT2D eigenvalue weighted by atomic mass is 35.5. The molecule has 2 heterocycles. The fourth-order valence-electron chi connectivity index (χ4n) is 2.55. The second kappa shape index (κ2) is 5.85. The smallest absolute Gasteiger partial charge is 0.150 e. The Kier molecular flexibility index (Phi) is 3.94. The molecule has 0 spiro atoms. The molecule has 1 aliphatic rings. The lowest BCUT2D eigenvalue weighted by Crippen LogP contribution is -2.45. The van der Waals surface area contributed by atoms with Gasteiger partial charge in [0, 0.05) is 43.0 Å². The molecule has 0 amide bonds. The van der Waals surface area contributed by atoms with E-state index >= 15 is 0 Å². The van der Waals surface area contributed by atoms with Gasteiger partial charge in [-0.1, -0.05) is 22.8 Å². The Hall–Kier alpha value is -1.52. The minimum atomic E-state index is 0.794. The highest BCUT2D eigenvalue weighted by molar-refractivity contribution is 6.30. The van der Waals surface area contributed by atoms with E-state index in [0.29, 0.717) is 0 Å². The highest BCUT2D eigenvalue weighted by Crippen LogP contribution is 2.21. The number of piperazine rings is 1. The van der Waals surface area contributed by atoms with Crippen LogP contribution in [0.1, 0.15) is 11.5 Å². The first-order valence-electron chi connectivity index (χ1n) is 6.86. The second-order valence-corrected chi connectivity index (χ2v) is 5.61. The van der Waals surface area contributed by atoms with E-state index < -0.39 is 0 Å². The van der Waals surface area contributed by atoms with Crippen molar-refractivity contribution in [3.05, 3.63) is 46.8 Å². The Morgan fingerprint density at radius 1 is 1.20 bits per heavy atom. The Balaban J connectivity index is 1.57. The van der Waals surface area contributed by atoms with Crippen LogP contribution in [-0.4, -0.2) is 36.2 Å². The lowest BCUT2D eigenvalue weighted by molar-refractivity contribution is 0.219. The Labute approximate surface area is 123 Å². The first-order chi connectivity index (χ1) is 9.70. The Morgan fingerprint density at radius 2 is 2.00 bits per heavy atom. The van der Waals surface area contributed by atoms with E-state index in [4.69, 9.17) is 16.1 Å². The molecule has 1 saturated heterocycles. The van der Waals surface area contributed by atoms with Crippen LogP contribution in [0.4, 0.5) is 5.69 Å². The average molecular weight is 292 g/mol. The highest BCUT2D eigenvalue weighted by Gasteiger charge is 2.18. The van der Waals surface area contributed by atoms with Gasteiger partial charge in [-0.3, -0.25) is 4.90 Å². The molecular weight excluding hydrogens is 274 g/mol. The van der Waals surface area contributed by atoms with Gasteiger partial charge in [0.15, 0.2) is 5.76 Å². The zero-order valence-electron chi connectivity index (χ0n) is 11.6. The number of aryl methyl sites for hydroxylation is 1. The molecule has 3 rings (SSSR count). The molecule has 0 N–H and O–H groups in total. The number of nitrogens with zero attached hydrogens (tertiary/aromatic N) is 3. The third-order valence-electron chi connectivity index (χ3n) is 3.60. The van der Waals surface area contributed by atoms with Crippen LogP contribution in [0.5, 0.6) is 0 Å². The van der Waals surface area contributed by atoms with Crippen molar-refractivity contribution in [2.75, 3.05) is 31.1 Å². The van der Waals surface area contributed by atoms with E-state index in [2.05, 4.69) is 21.0 Å². The molecule has 0 atom stereocenters. The summed E-state index contributed by atoms with van der Waals surface area (Å²) in [6.07, 6.45) is 0. The van der Waals surface area contributed by atoms with Crippen molar-refractivity contribution in [1.82, 2.24) is 10.1 Å². The molecule has 5 heteroatoms. The van der Waals surface area contributed by atoms with Gasteiger partial charge in [0.05, 0.1) is 12.2 Å². The van der Waals surface area contributed by atoms with Crippen LogP contribution < -0.4 is 4.90 Å². The summed E-state index contributed by atoms with van der Waals surface area (Å²) in [6, 6.07) is 10.1. The van der Waals surface area contributed by atoms with Crippen molar-refractivity contribution in [3.63, 3.8) is 0 Å². The third kappa shape index (κ3) is 3.14. The topological polar surface area (TPSA) is 32.5 Å². The molecule has 1 aliphatic heterocycles. The molecule has 1 aromatic carbocycles. The van der Waals surface area contributed by atoms with E-state index in [0.717, 1.165) is 49.2 Å². The van der Waals surface area contributed by atoms with Gasteiger partial charge < -0.3 is 9.42 Å². The fraction of sp³-hybridized carbons (Fsp3) is 0.400. The minimum absolute atomic E-state index is 0.794. The number of anilines is 1. The average Bonchev–Trinajstić information content (AvgIpc) is 2.85. The van der Waals surface area contributed by atoms with Gasteiger partial charge in [-0.2, -0.15) is 0 Å². The van der Waals surface area contributed by atoms with Crippen molar-refractivity contribution in [1.29, 1.82) is 0 Å². The number of benzene rings is 1. The maximum absolute atomic E-state index is 6.05. The normalized spacial score (nSPS) is 16.6. The van der Waals surface area contributed by atoms with Gasteiger partial charge in [-0.25, -0.2) is 0 Å². The zero-order valence-corrected chi connectivity index (χ0v) is 12.3. The molecule has 2 aromatic rings. The summed E-state index contributed by atoms with van der Waals surface area (Å²) in [7, 11) is 0. The molecule has 4 nitrogen and oxygen atoms in total. The number of halogens is 1. The van der Waals surface area contributed by atoms with Crippen LogP contribution in [0.2, 0.25) is 5.02 Å². The van der Waals surface area contributed by atoms with E-state index in [-0.39, 0.29) is 0 Å². The van der Waals surface area contributed by atoms with Gasteiger partial charge in [0.2, 0.25) is 0 Å².